The normalized spacial score (nSPS) is 14.9. The van der Waals surface area contributed by atoms with E-state index in [0.29, 0.717) is 55.4 Å². The third kappa shape index (κ3) is 4.73. The molecule has 0 aromatic carbocycles. The molecule has 3 aromatic heterocycles. The number of rotatable bonds is 8. The Labute approximate surface area is 187 Å². The van der Waals surface area contributed by atoms with E-state index in [9.17, 15) is 10.1 Å². The van der Waals surface area contributed by atoms with Crippen LogP contribution < -0.4 is 4.74 Å². The first-order chi connectivity index (χ1) is 14.9. The number of aryl methyl sites for hydroxylation is 1. The molecule has 0 radical (unpaired) electrons. The molecular formula is C18H21Cl2N7O4. The Morgan fingerprint density at radius 1 is 1.29 bits per heavy atom. The van der Waals surface area contributed by atoms with Crippen LogP contribution in [-0.4, -0.2) is 54.3 Å². The highest BCUT2D eigenvalue weighted by Crippen LogP contribution is 2.31. The zero-order valence-electron chi connectivity index (χ0n) is 16.8. The molecule has 0 unspecified atom stereocenters. The lowest BCUT2D eigenvalue weighted by Crippen LogP contribution is -2.21. The Morgan fingerprint density at radius 2 is 2.06 bits per heavy atom. The Balaban J connectivity index is 1.42. The second kappa shape index (κ2) is 9.33. The van der Waals surface area contributed by atoms with Crippen molar-refractivity contribution in [3.8, 4) is 5.88 Å². The summed E-state index contributed by atoms with van der Waals surface area (Å²) in [5.74, 6) is 0.412. The fraction of sp³-hybridized carbons (Fsp3) is 0.556. The predicted octanol–water partition coefficient (Wildman–Crippen LogP) is 3.44. The summed E-state index contributed by atoms with van der Waals surface area (Å²) in [6, 6.07) is 0. The summed E-state index contributed by atoms with van der Waals surface area (Å²) in [7, 11) is 0. The third-order valence-electron chi connectivity index (χ3n) is 5.27. The predicted molar refractivity (Wildman–Crippen MR) is 113 cm³/mol. The van der Waals surface area contributed by atoms with E-state index in [1.165, 1.54) is 6.20 Å². The van der Waals surface area contributed by atoms with Crippen LogP contribution >= 0.6 is 23.2 Å². The molecule has 0 spiro atoms. The van der Waals surface area contributed by atoms with Crippen molar-refractivity contribution in [3.05, 3.63) is 32.4 Å². The van der Waals surface area contributed by atoms with E-state index in [-0.39, 0.29) is 28.6 Å². The van der Waals surface area contributed by atoms with Crippen molar-refractivity contribution in [1.82, 2.24) is 29.5 Å². The summed E-state index contributed by atoms with van der Waals surface area (Å²) in [5.41, 5.74) is 0.911. The highest BCUT2D eigenvalue weighted by atomic mass is 35.5. The molecule has 0 amide bonds. The molecule has 11 nitrogen and oxygen atoms in total. The lowest BCUT2D eigenvalue weighted by molar-refractivity contribution is -0.386. The highest BCUT2D eigenvalue weighted by molar-refractivity contribution is 6.34. The molecule has 0 bridgehead atoms. The molecule has 31 heavy (non-hydrogen) atoms. The van der Waals surface area contributed by atoms with Crippen LogP contribution in [0.2, 0.25) is 10.4 Å². The maximum atomic E-state index is 11.6. The van der Waals surface area contributed by atoms with Crippen molar-refractivity contribution in [1.29, 1.82) is 0 Å². The van der Waals surface area contributed by atoms with E-state index in [4.69, 9.17) is 32.7 Å². The Kier molecular flexibility index (Phi) is 6.54. The fourth-order valence-electron chi connectivity index (χ4n) is 3.61. The van der Waals surface area contributed by atoms with Gasteiger partial charge < -0.3 is 9.47 Å². The highest BCUT2D eigenvalue weighted by Gasteiger charge is 2.28. The van der Waals surface area contributed by atoms with Crippen molar-refractivity contribution in [2.45, 2.75) is 39.3 Å². The van der Waals surface area contributed by atoms with Gasteiger partial charge in [-0.05, 0) is 37.3 Å². The van der Waals surface area contributed by atoms with Gasteiger partial charge in [0.15, 0.2) is 10.8 Å². The molecule has 1 saturated heterocycles. The van der Waals surface area contributed by atoms with Gasteiger partial charge in [0.2, 0.25) is 5.28 Å². The van der Waals surface area contributed by atoms with Gasteiger partial charge in [-0.15, -0.1) is 5.10 Å². The summed E-state index contributed by atoms with van der Waals surface area (Å²) in [4.78, 5) is 19.2. The van der Waals surface area contributed by atoms with Crippen LogP contribution in [0.4, 0.5) is 5.69 Å². The van der Waals surface area contributed by atoms with E-state index in [2.05, 4.69) is 20.2 Å². The molecule has 0 aliphatic carbocycles. The molecular weight excluding hydrogens is 449 g/mol. The Hall–Kier alpha value is -2.50. The molecule has 1 aliphatic rings. The fourth-order valence-corrected chi connectivity index (χ4v) is 3.96. The topological polar surface area (TPSA) is 123 Å². The maximum Gasteiger partial charge on any atom is 0.352 e. The van der Waals surface area contributed by atoms with Gasteiger partial charge in [-0.3, -0.25) is 14.8 Å². The summed E-state index contributed by atoms with van der Waals surface area (Å²) < 4.78 is 14.3. The van der Waals surface area contributed by atoms with Crippen LogP contribution in [0.1, 0.15) is 25.0 Å². The van der Waals surface area contributed by atoms with E-state index >= 15 is 0 Å². The molecule has 0 N–H and O–H groups in total. The van der Waals surface area contributed by atoms with E-state index in [0.717, 1.165) is 12.8 Å². The first-order valence-electron chi connectivity index (χ1n) is 9.91. The molecule has 0 atom stereocenters. The van der Waals surface area contributed by atoms with Crippen LogP contribution in [0.5, 0.6) is 5.88 Å². The van der Waals surface area contributed by atoms with E-state index in [1.54, 1.807) is 16.3 Å². The van der Waals surface area contributed by atoms with Crippen molar-refractivity contribution >= 4 is 39.9 Å². The summed E-state index contributed by atoms with van der Waals surface area (Å²) in [6.45, 7) is 4.37. The molecule has 1 aliphatic heterocycles. The number of nitro groups is 1. The van der Waals surface area contributed by atoms with Gasteiger partial charge in [0.05, 0.1) is 16.9 Å². The summed E-state index contributed by atoms with van der Waals surface area (Å²) in [6.07, 6.45) is 3.86. The Bertz CT molecular complexity index is 1090. The molecule has 13 heteroatoms. The zero-order chi connectivity index (χ0) is 22.0. The molecule has 4 rings (SSSR count). The van der Waals surface area contributed by atoms with Crippen LogP contribution in [0.15, 0.2) is 6.20 Å². The average molecular weight is 470 g/mol. The number of halogens is 2. The summed E-state index contributed by atoms with van der Waals surface area (Å²) >= 11 is 12.0. The number of hydrogen-bond donors (Lipinski definition) is 0. The first-order valence-corrected chi connectivity index (χ1v) is 10.7. The summed E-state index contributed by atoms with van der Waals surface area (Å²) in [5, 5.41) is 21.2. The van der Waals surface area contributed by atoms with E-state index in [1.807, 2.05) is 0 Å². The van der Waals surface area contributed by atoms with Gasteiger partial charge in [-0.1, -0.05) is 11.6 Å². The molecule has 0 saturated carbocycles. The van der Waals surface area contributed by atoms with Gasteiger partial charge in [0, 0.05) is 38.9 Å². The second-order valence-electron chi connectivity index (χ2n) is 7.33. The number of hydrogen-bond acceptors (Lipinski definition) is 8. The number of nitrogens with zero attached hydrogens (tertiary/aromatic N) is 7. The first kappa shape index (κ1) is 21.7. The minimum absolute atomic E-state index is 0.0308. The maximum absolute atomic E-state index is 11.6. The SMILES string of the molecule is Cc1c([N+](=O)[O-])c(OCCCn2nc(Cl)c3cnc(Cl)nc32)nn1CC1CCOCC1. The van der Waals surface area contributed by atoms with Gasteiger partial charge in [0.1, 0.15) is 5.69 Å². The molecule has 4 heterocycles. The van der Waals surface area contributed by atoms with E-state index < -0.39 is 4.92 Å². The van der Waals surface area contributed by atoms with Gasteiger partial charge in [0.25, 0.3) is 0 Å². The smallest absolute Gasteiger partial charge is 0.352 e. The lowest BCUT2D eigenvalue weighted by atomic mass is 10.0. The van der Waals surface area contributed by atoms with Gasteiger partial charge >= 0.3 is 11.6 Å². The molecule has 1 fully saturated rings. The van der Waals surface area contributed by atoms with Crippen LogP contribution in [0.25, 0.3) is 11.0 Å². The van der Waals surface area contributed by atoms with Gasteiger partial charge in [-0.2, -0.15) is 10.1 Å². The quantitative estimate of drug-likeness (QED) is 0.212. The van der Waals surface area contributed by atoms with Crippen LogP contribution in [0, 0.1) is 23.0 Å². The minimum atomic E-state index is -0.447. The largest absolute Gasteiger partial charge is 0.472 e. The zero-order valence-corrected chi connectivity index (χ0v) is 18.3. The number of fused-ring (bicyclic) bond motifs is 1. The van der Waals surface area contributed by atoms with Crippen molar-refractivity contribution in [3.63, 3.8) is 0 Å². The lowest BCUT2D eigenvalue weighted by Gasteiger charge is -2.22. The minimum Gasteiger partial charge on any atom is -0.472 e. The van der Waals surface area contributed by atoms with Crippen molar-refractivity contribution < 1.29 is 14.4 Å². The average Bonchev–Trinajstić information content (AvgIpc) is 3.22. The third-order valence-corrected chi connectivity index (χ3v) is 5.73. The number of aromatic nitrogens is 6. The number of ether oxygens (including phenoxy) is 2. The van der Waals surface area contributed by atoms with Crippen LogP contribution in [-0.2, 0) is 17.8 Å². The monoisotopic (exact) mass is 469 g/mol. The van der Waals surface area contributed by atoms with Crippen LogP contribution in [0.3, 0.4) is 0 Å². The Morgan fingerprint density at radius 3 is 2.81 bits per heavy atom. The molecule has 166 valence electrons. The van der Waals surface area contributed by atoms with Crippen molar-refractivity contribution in [2.75, 3.05) is 19.8 Å². The second-order valence-corrected chi connectivity index (χ2v) is 8.02. The van der Waals surface area contributed by atoms with Crippen molar-refractivity contribution in [2.24, 2.45) is 5.92 Å². The molecule has 3 aromatic rings. The standard InChI is InChI=1S/C18H21Cl2N7O4/c1-11-14(27(28)29)17(24-26(11)10-12-3-7-30-8-4-12)31-6-2-5-25-16-13(15(19)23-25)9-21-18(20)22-16/h9,12H,2-8,10H2,1H3. The van der Waals surface area contributed by atoms with Gasteiger partial charge in [-0.25, -0.2) is 9.67 Å².